The Morgan fingerprint density at radius 3 is 2.64 bits per heavy atom. The third-order valence-electron chi connectivity index (χ3n) is 3.07. The summed E-state index contributed by atoms with van der Waals surface area (Å²) in [6.45, 7) is 3.90. The van der Waals surface area contributed by atoms with Crippen molar-refractivity contribution in [1.82, 2.24) is 19.5 Å². The molecule has 0 aliphatic heterocycles. The largest absolute Gasteiger partial charge is 0.287 e. The first-order valence-electron chi connectivity index (χ1n) is 6.74. The zero-order valence-electron chi connectivity index (χ0n) is 12.2. The number of halogens is 1. The Morgan fingerprint density at radius 2 is 1.86 bits per heavy atom. The van der Waals surface area contributed by atoms with Crippen molar-refractivity contribution in [3.05, 3.63) is 69.2 Å². The summed E-state index contributed by atoms with van der Waals surface area (Å²) in [5.74, 6) is 7.93. The summed E-state index contributed by atoms with van der Waals surface area (Å²) in [4.78, 5) is 13.0. The van der Waals surface area contributed by atoms with Crippen molar-refractivity contribution in [1.29, 1.82) is 0 Å². The third kappa shape index (κ3) is 3.34. The Labute approximate surface area is 142 Å². The van der Waals surface area contributed by atoms with Crippen LogP contribution in [0.3, 0.4) is 0 Å². The van der Waals surface area contributed by atoms with Crippen molar-refractivity contribution >= 4 is 22.6 Å². The maximum Gasteiger partial charge on any atom is 0.139 e. The highest BCUT2D eigenvalue weighted by Gasteiger charge is 2.05. The van der Waals surface area contributed by atoms with E-state index in [-0.39, 0.29) is 0 Å². The SMILES string of the molecule is Cc1cc(C#Cc2cn(-c3cc(I)ccn3)c(C)n2)ccn1. The molecule has 0 aromatic carbocycles. The first-order chi connectivity index (χ1) is 10.6. The molecule has 0 spiro atoms. The van der Waals surface area contributed by atoms with E-state index in [2.05, 4.69) is 49.4 Å². The molecule has 3 rings (SSSR count). The molecule has 4 nitrogen and oxygen atoms in total. The van der Waals surface area contributed by atoms with Crippen LogP contribution < -0.4 is 0 Å². The van der Waals surface area contributed by atoms with E-state index in [0.29, 0.717) is 0 Å². The molecule has 0 saturated carbocycles. The van der Waals surface area contributed by atoms with Crippen LogP contribution in [0.2, 0.25) is 0 Å². The van der Waals surface area contributed by atoms with Crippen LogP contribution >= 0.6 is 22.6 Å². The molecule has 5 heteroatoms. The van der Waals surface area contributed by atoms with E-state index in [1.54, 1.807) is 12.4 Å². The second-order valence-electron chi connectivity index (χ2n) is 4.81. The highest BCUT2D eigenvalue weighted by Crippen LogP contribution is 2.12. The molecule has 0 saturated heterocycles. The molecule has 0 unspecified atom stereocenters. The first-order valence-corrected chi connectivity index (χ1v) is 7.82. The van der Waals surface area contributed by atoms with E-state index in [0.717, 1.165) is 32.2 Å². The first kappa shape index (κ1) is 14.7. The molecule has 22 heavy (non-hydrogen) atoms. The Kier molecular flexibility index (Phi) is 4.20. The summed E-state index contributed by atoms with van der Waals surface area (Å²) in [6, 6.07) is 7.82. The summed E-state index contributed by atoms with van der Waals surface area (Å²) < 4.78 is 3.08. The van der Waals surface area contributed by atoms with E-state index in [4.69, 9.17) is 0 Å². The zero-order chi connectivity index (χ0) is 15.5. The zero-order valence-corrected chi connectivity index (χ0v) is 14.4. The number of pyridine rings is 2. The Hall–Kier alpha value is -2.20. The fraction of sp³-hybridized carbons (Fsp3) is 0.118. The maximum atomic E-state index is 4.49. The monoisotopic (exact) mass is 400 g/mol. The number of aryl methyl sites for hydroxylation is 2. The van der Waals surface area contributed by atoms with Gasteiger partial charge in [0.15, 0.2) is 0 Å². The van der Waals surface area contributed by atoms with Crippen molar-refractivity contribution in [2.45, 2.75) is 13.8 Å². The fourth-order valence-electron chi connectivity index (χ4n) is 2.05. The van der Waals surface area contributed by atoms with Crippen LogP contribution in [0.25, 0.3) is 5.82 Å². The van der Waals surface area contributed by atoms with Gasteiger partial charge in [-0.2, -0.15) is 0 Å². The molecule has 0 amide bonds. The maximum absolute atomic E-state index is 4.49. The normalized spacial score (nSPS) is 10.1. The van der Waals surface area contributed by atoms with Gasteiger partial charge < -0.3 is 0 Å². The lowest BCUT2D eigenvalue weighted by Crippen LogP contribution is -1.98. The number of imidazole rings is 1. The Morgan fingerprint density at radius 1 is 1.05 bits per heavy atom. The number of hydrogen-bond donors (Lipinski definition) is 0. The van der Waals surface area contributed by atoms with E-state index in [1.807, 2.05) is 48.9 Å². The van der Waals surface area contributed by atoms with E-state index >= 15 is 0 Å². The van der Waals surface area contributed by atoms with Gasteiger partial charge in [0, 0.05) is 33.4 Å². The molecular weight excluding hydrogens is 387 g/mol. The Balaban J connectivity index is 1.93. The van der Waals surface area contributed by atoms with Gasteiger partial charge in [0.1, 0.15) is 17.3 Å². The average Bonchev–Trinajstić information content (AvgIpc) is 2.86. The number of rotatable bonds is 1. The van der Waals surface area contributed by atoms with E-state index in [1.165, 1.54) is 0 Å². The van der Waals surface area contributed by atoms with Crippen LogP contribution in [0, 0.1) is 29.3 Å². The number of hydrogen-bond acceptors (Lipinski definition) is 3. The van der Waals surface area contributed by atoms with E-state index in [9.17, 15) is 0 Å². The molecule has 3 aromatic heterocycles. The minimum absolute atomic E-state index is 0.729. The van der Waals surface area contributed by atoms with Crippen LogP contribution in [0.5, 0.6) is 0 Å². The topological polar surface area (TPSA) is 43.6 Å². The number of aromatic nitrogens is 4. The predicted molar refractivity (Wildman–Crippen MR) is 93.8 cm³/mol. The average molecular weight is 400 g/mol. The second kappa shape index (κ2) is 6.28. The minimum Gasteiger partial charge on any atom is -0.287 e. The van der Waals surface area contributed by atoms with Crippen LogP contribution in [-0.4, -0.2) is 19.5 Å². The highest BCUT2D eigenvalue weighted by atomic mass is 127. The summed E-state index contributed by atoms with van der Waals surface area (Å²) in [5.41, 5.74) is 2.62. The van der Waals surface area contributed by atoms with Gasteiger partial charge in [0.05, 0.1) is 0 Å². The molecule has 0 aliphatic carbocycles. The summed E-state index contributed by atoms with van der Waals surface area (Å²) >= 11 is 2.27. The van der Waals surface area contributed by atoms with Crippen LogP contribution in [0.1, 0.15) is 22.8 Å². The van der Waals surface area contributed by atoms with Gasteiger partial charge in [-0.05, 0) is 66.6 Å². The van der Waals surface area contributed by atoms with Gasteiger partial charge in [-0.1, -0.05) is 5.92 Å². The van der Waals surface area contributed by atoms with Crippen molar-refractivity contribution in [2.75, 3.05) is 0 Å². The second-order valence-corrected chi connectivity index (χ2v) is 6.06. The molecule has 0 radical (unpaired) electrons. The molecule has 0 bridgehead atoms. The Bertz CT molecular complexity index is 887. The van der Waals surface area contributed by atoms with Gasteiger partial charge in [0.2, 0.25) is 0 Å². The molecular formula is C17H13IN4. The van der Waals surface area contributed by atoms with Gasteiger partial charge in [-0.25, -0.2) is 9.97 Å². The van der Waals surface area contributed by atoms with Crippen LogP contribution in [-0.2, 0) is 0 Å². The summed E-state index contributed by atoms with van der Waals surface area (Å²) in [6.07, 6.45) is 5.47. The molecule has 3 heterocycles. The molecule has 108 valence electrons. The lowest BCUT2D eigenvalue weighted by Gasteiger charge is -2.02. The smallest absolute Gasteiger partial charge is 0.139 e. The lowest BCUT2D eigenvalue weighted by molar-refractivity contribution is 0.931. The standard InChI is InChI=1S/C17H13IN4/c1-12-9-14(5-7-19-12)3-4-16-11-22(13(2)21-16)17-10-15(18)6-8-20-17/h5-11H,1-2H3. The predicted octanol–water partition coefficient (Wildman–Crippen LogP) is 3.28. The third-order valence-corrected chi connectivity index (χ3v) is 3.74. The van der Waals surface area contributed by atoms with Crippen molar-refractivity contribution in [2.24, 2.45) is 0 Å². The summed E-state index contributed by atoms with van der Waals surface area (Å²) in [7, 11) is 0. The number of nitrogens with zero attached hydrogens (tertiary/aromatic N) is 4. The molecule has 0 fully saturated rings. The fourth-order valence-corrected chi connectivity index (χ4v) is 2.49. The van der Waals surface area contributed by atoms with Gasteiger partial charge in [0.25, 0.3) is 0 Å². The highest BCUT2D eigenvalue weighted by molar-refractivity contribution is 14.1. The van der Waals surface area contributed by atoms with Crippen LogP contribution in [0.4, 0.5) is 0 Å². The van der Waals surface area contributed by atoms with Crippen molar-refractivity contribution in [3.8, 4) is 17.7 Å². The van der Waals surface area contributed by atoms with Crippen LogP contribution in [0.15, 0.2) is 42.9 Å². The molecule has 0 aliphatic rings. The molecule has 0 atom stereocenters. The van der Waals surface area contributed by atoms with Gasteiger partial charge in [-0.15, -0.1) is 0 Å². The molecule has 0 N–H and O–H groups in total. The molecule has 3 aromatic rings. The summed E-state index contributed by atoms with van der Waals surface area (Å²) in [5, 5.41) is 0. The lowest BCUT2D eigenvalue weighted by atomic mass is 10.2. The van der Waals surface area contributed by atoms with Crippen molar-refractivity contribution in [3.63, 3.8) is 0 Å². The van der Waals surface area contributed by atoms with Crippen molar-refractivity contribution < 1.29 is 0 Å². The van der Waals surface area contributed by atoms with Gasteiger partial charge in [-0.3, -0.25) is 9.55 Å². The minimum atomic E-state index is 0.729. The van der Waals surface area contributed by atoms with Gasteiger partial charge >= 0.3 is 0 Å². The van der Waals surface area contributed by atoms with E-state index < -0.39 is 0 Å². The quantitative estimate of drug-likeness (QED) is 0.465.